The molecule has 3 saturated heterocycles. The maximum absolute atomic E-state index is 13.3. The van der Waals surface area contributed by atoms with Gasteiger partial charge in [0.1, 0.15) is 73.2 Å². The number of ether oxygens (including phenoxy) is 6. The molecule has 3 fully saturated rings. The topological polar surface area (TPSA) is 307 Å². The number of hydrogen-bond acceptors (Lipinski definition) is 18. The minimum absolute atomic E-state index is 0.194. The fraction of sp³-hybridized carbons (Fsp3) is 0.632. The van der Waals surface area contributed by atoms with Gasteiger partial charge >= 0.3 is 0 Å². The van der Waals surface area contributed by atoms with Crippen molar-refractivity contribution in [3.8, 4) is 0 Å². The van der Waals surface area contributed by atoms with E-state index in [0.29, 0.717) is 12.8 Å². The number of allylic oxidation sites excluding steroid dienone is 23. The van der Waals surface area contributed by atoms with Crippen LogP contribution in [0.1, 0.15) is 142 Å². The van der Waals surface area contributed by atoms with Crippen LogP contribution < -0.4 is 5.32 Å². The molecule has 3 aliphatic rings. The average Bonchev–Trinajstić information content (AvgIpc) is 2.35. The van der Waals surface area contributed by atoms with Crippen molar-refractivity contribution < 1.29 is 89.4 Å². The number of carbonyl (C=O) groups is 1. The van der Waals surface area contributed by atoms with Crippen LogP contribution in [0.2, 0.25) is 0 Å². The molecule has 0 aromatic heterocycles. The summed E-state index contributed by atoms with van der Waals surface area (Å²) >= 11 is 0. The monoisotopic (exact) mass is 1230 g/mol. The highest BCUT2D eigenvalue weighted by atomic mass is 16.8. The van der Waals surface area contributed by atoms with Crippen molar-refractivity contribution in [2.45, 2.75) is 247 Å². The standard InChI is InChI=1S/C68H107NO18/c1-3-5-7-9-11-12-13-14-15-16-17-18-19-20-21-22-23-24-25-26-27-28-29-30-31-32-33-34-35-36-37-38-40-42-44-46-56(74)69-51(52(73)45-43-41-39-10-8-6-4-2)50-82-66-62(80)59(77)64(54(48-71)84-66)87-68-63(81)60(78)65(55(49-72)85-68)86-67-61(79)58(76)57(75)53(47-70)83-67/h5,7-8,10-12,14-15,17-18,20-21,23-24,26-27,29-30,32-33,35-36,43,45,51-55,57-68,70-73,75-81H,3-4,6,9,13,16,19,22,25,28,31,34,37-42,44,46-50H2,1-2H3,(H,69,74)/b7-5-,10-8+,12-11-,15-14-,18-17-,21-20-,24-23-,27-26-,30-29-,33-32-,36-35-,45-43+. The highest BCUT2D eigenvalue weighted by molar-refractivity contribution is 5.76. The van der Waals surface area contributed by atoms with Gasteiger partial charge in [-0.3, -0.25) is 4.79 Å². The van der Waals surface area contributed by atoms with E-state index in [1.165, 1.54) is 0 Å². The second-order valence-electron chi connectivity index (χ2n) is 21.8. The smallest absolute Gasteiger partial charge is 0.220 e. The SMILES string of the molecule is CC/C=C\C/C=C\C/C=C\C/C=C\C/C=C\C/C=C\C/C=C\C/C=C\C/C=C\C/C=C\CCCCCCC(=O)NC(COC1OC(CO)C(OC2OC(CO)C(OC3OC(CO)C(O)C(O)C3O)C(O)C2O)C(O)C1O)C(O)/C=C/CC/C=C/CCC. The number of rotatable bonds is 44. The van der Waals surface area contributed by atoms with E-state index in [4.69, 9.17) is 28.4 Å². The Morgan fingerprint density at radius 2 is 0.805 bits per heavy atom. The molecule has 19 nitrogen and oxygen atoms in total. The predicted molar refractivity (Wildman–Crippen MR) is 336 cm³/mol. The first-order chi connectivity index (χ1) is 42.3. The summed E-state index contributed by atoms with van der Waals surface area (Å²) in [4.78, 5) is 13.3. The van der Waals surface area contributed by atoms with Crippen molar-refractivity contribution in [1.82, 2.24) is 5.32 Å². The fourth-order valence-corrected chi connectivity index (χ4v) is 9.47. The largest absolute Gasteiger partial charge is 0.394 e. The van der Waals surface area contributed by atoms with Gasteiger partial charge in [0, 0.05) is 6.42 Å². The van der Waals surface area contributed by atoms with Gasteiger partial charge in [0.2, 0.25) is 5.91 Å². The van der Waals surface area contributed by atoms with Gasteiger partial charge in [-0.05, 0) is 103 Å². The Hall–Kier alpha value is -4.33. The first kappa shape index (κ1) is 76.9. The van der Waals surface area contributed by atoms with E-state index in [1.54, 1.807) is 12.2 Å². The van der Waals surface area contributed by atoms with Crippen molar-refractivity contribution in [1.29, 1.82) is 0 Å². The van der Waals surface area contributed by atoms with E-state index in [1.807, 2.05) is 0 Å². The average molecular weight is 1230 g/mol. The van der Waals surface area contributed by atoms with Crippen LogP contribution in [0, 0.1) is 0 Å². The zero-order chi connectivity index (χ0) is 63.3. The number of carbonyl (C=O) groups excluding carboxylic acids is 1. The lowest BCUT2D eigenvalue weighted by atomic mass is 9.96. The molecule has 3 aliphatic heterocycles. The number of aliphatic hydroxyl groups excluding tert-OH is 11. The second kappa shape index (κ2) is 48.5. The molecule has 0 aromatic rings. The lowest BCUT2D eigenvalue weighted by Crippen LogP contribution is -2.66. The Bertz CT molecular complexity index is 2150. The minimum Gasteiger partial charge on any atom is -0.394 e. The van der Waals surface area contributed by atoms with Gasteiger partial charge in [-0.25, -0.2) is 0 Å². The summed E-state index contributed by atoms with van der Waals surface area (Å²) in [6.45, 7) is 1.40. The third kappa shape index (κ3) is 31.3. The first-order valence-corrected chi connectivity index (χ1v) is 31.6. The summed E-state index contributed by atoms with van der Waals surface area (Å²) in [5.74, 6) is -0.324. The van der Waals surface area contributed by atoms with Crippen LogP contribution in [0.15, 0.2) is 146 Å². The first-order valence-electron chi connectivity index (χ1n) is 31.6. The number of amides is 1. The van der Waals surface area contributed by atoms with Crippen LogP contribution in [0.4, 0.5) is 0 Å². The van der Waals surface area contributed by atoms with Gasteiger partial charge in [0.15, 0.2) is 18.9 Å². The Morgan fingerprint density at radius 1 is 0.425 bits per heavy atom. The molecule has 492 valence electrons. The molecule has 3 heterocycles. The molecule has 12 N–H and O–H groups in total. The summed E-state index contributed by atoms with van der Waals surface area (Å²) < 4.78 is 34.1. The van der Waals surface area contributed by atoms with Crippen molar-refractivity contribution in [2.75, 3.05) is 26.4 Å². The fourth-order valence-electron chi connectivity index (χ4n) is 9.47. The molecule has 0 saturated carbocycles. The maximum atomic E-state index is 13.3. The van der Waals surface area contributed by atoms with Crippen LogP contribution >= 0.6 is 0 Å². The van der Waals surface area contributed by atoms with Crippen molar-refractivity contribution >= 4 is 5.91 Å². The van der Waals surface area contributed by atoms with Gasteiger partial charge in [0.05, 0.1) is 38.6 Å². The normalized spacial score (nSPS) is 29.6. The molecule has 1 amide bonds. The molecule has 17 atom stereocenters. The summed E-state index contributed by atoms with van der Waals surface area (Å²) in [5.41, 5.74) is 0. The molecule has 0 spiro atoms. The molecule has 3 rings (SSSR count). The third-order valence-electron chi connectivity index (χ3n) is 14.6. The van der Waals surface area contributed by atoms with Crippen LogP contribution in [0.5, 0.6) is 0 Å². The number of nitrogens with one attached hydrogen (secondary N) is 1. The van der Waals surface area contributed by atoms with Gasteiger partial charge in [-0.2, -0.15) is 0 Å². The Balaban J connectivity index is 1.36. The van der Waals surface area contributed by atoms with Crippen LogP contribution in [-0.2, 0) is 33.2 Å². The lowest BCUT2D eigenvalue weighted by molar-refractivity contribution is -0.379. The van der Waals surface area contributed by atoms with E-state index in [2.05, 4.69) is 153 Å². The Kier molecular flexibility index (Phi) is 42.9. The van der Waals surface area contributed by atoms with Gasteiger partial charge in [0.25, 0.3) is 0 Å². The third-order valence-corrected chi connectivity index (χ3v) is 14.6. The number of hydrogen-bond donors (Lipinski definition) is 12. The minimum atomic E-state index is -1.99. The van der Waals surface area contributed by atoms with E-state index in [-0.39, 0.29) is 18.9 Å². The molecule has 0 aromatic carbocycles. The summed E-state index contributed by atoms with van der Waals surface area (Å²) in [5, 5.41) is 120. The van der Waals surface area contributed by atoms with Crippen LogP contribution in [-0.4, -0.2) is 193 Å². The van der Waals surface area contributed by atoms with E-state index < -0.39 is 124 Å². The molecule has 87 heavy (non-hydrogen) atoms. The molecule has 17 unspecified atom stereocenters. The number of unbranched alkanes of at least 4 members (excludes halogenated alkanes) is 6. The highest BCUT2D eigenvalue weighted by Crippen LogP contribution is 2.33. The molecular weight excluding hydrogens is 1120 g/mol. The highest BCUT2D eigenvalue weighted by Gasteiger charge is 2.53. The summed E-state index contributed by atoms with van der Waals surface area (Å²) in [7, 11) is 0. The molecule has 0 aliphatic carbocycles. The van der Waals surface area contributed by atoms with Gasteiger partial charge in [-0.1, -0.05) is 179 Å². The van der Waals surface area contributed by atoms with Crippen LogP contribution in [0.25, 0.3) is 0 Å². The maximum Gasteiger partial charge on any atom is 0.220 e. The van der Waals surface area contributed by atoms with Crippen molar-refractivity contribution in [2.24, 2.45) is 0 Å². The molecule has 0 radical (unpaired) electrons. The van der Waals surface area contributed by atoms with Gasteiger partial charge < -0.3 is 89.9 Å². The Labute approximate surface area is 517 Å². The molecule has 19 heteroatoms. The zero-order valence-electron chi connectivity index (χ0n) is 51.4. The predicted octanol–water partition coefficient (Wildman–Crippen LogP) is 6.81. The lowest BCUT2D eigenvalue weighted by Gasteiger charge is -2.48. The van der Waals surface area contributed by atoms with Crippen LogP contribution in [0.3, 0.4) is 0 Å². The number of aliphatic hydroxyl groups is 11. The summed E-state index contributed by atoms with van der Waals surface area (Å²) in [6.07, 6.45) is 41.8. The van der Waals surface area contributed by atoms with Crippen molar-refractivity contribution in [3.63, 3.8) is 0 Å². The quantitative estimate of drug-likeness (QED) is 0.0220. The van der Waals surface area contributed by atoms with Crippen molar-refractivity contribution in [3.05, 3.63) is 146 Å². The van der Waals surface area contributed by atoms with E-state index in [9.17, 15) is 61.0 Å². The second-order valence-corrected chi connectivity index (χ2v) is 21.8. The Morgan fingerprint density at radius 3 is 1.26 bits per heavy atom. The van der Waals surface area contributed by atoms with E-state index in [0.717, 1.165) is 109 Å². The molecular formula is C68H107NO18. The summed E-state index contributed by atoms with van der Waals surface area (Å²) in [6, 6.07) is -1.01. The zero-order valence-corrected chi connectivity index (χ0v) is 51.4. The van der Waals surface area contributed by atoms with Gasteiger partial charge in [-0.15, -0.1) is 0 Å². The molecule has 0 bridgehead atoms. The van der Waals surface area contributed by atoms with E-state index >= 15 is 0 Å².